The van der Waals surface area contributed by atoms with Crippen molar-refractivity contribution in [2.45, 2.75) is 13.3 Å². The molecule has 0 aliphatic carbocycles. The molecule has 0 unspecified atom stereocenters. The van der Waals surface area contributed by atoms with Crippen LogP contribution in [-0.4, -0.2) is 33.2 Å². The maximum Gasteiger partial charge on any atom is 0.228 e. The van der Waals surface area contributed by atoms with Crippen LogP contribution in [0.2, 0.25) is 0 Å². The molecule has 2 aromatic carbocycles. The minimum Gasteiger partial charge on any atom is -0.497 e. The second kappa shape index (κ2) is 8.82. The number of benzene rings is 2. The molecule has 1 amide bonds. The first-order valence-corrected chi connectivity index (χ1v) is 8.01. The van der Waals surface area contributed by atoms with Crippen LogP contribution in [0, 0.1) is 0 Å². The minimum absolute atomic E-state index is 0.0867. The zero-order valence-corrected chi connectivity index (χ0v) is 14.4. The molecule has 24 heavy (non-hydrogen) atoms. The Kier molecular flexibility index (Phi) is 6.49. The van der Waals surface area contributed by atoms with Gasteiger partial charge in [0.2, 0.25) is 5.91 Å². The minimum atomic E-state index is 0.0867. The lowest BCUT2D eigenvalue weighted by molar-refractivity contribution is -0.118. The summed E-state index contributed by atoms with van der Waals surface area (Å²) in [5.41, 5.74) is 1.76. The molecular weight excluding hydrogens is 304 g/mol. The number of anilines is 2. The smallest absolute Gasteiger partial charge is 0.228 e. The molecule has 0 aromatic heterocycles. The highest BCUT2D eigenvalue weighted by Crippen LogP contribution is 2.28. The molecule has 5 heteroatoms. The van der Waals surface area contributed by atoms with Crippen LogP contribution in [0.4, 0.5) is 11.4 Å². The Morgan fingerprint density at radius 2 is 1.83 bits per heavy atom. The van der Waals surface area contributed by atoms with Gasteiger partial charge in [0.1, 0.15) is 11.5 Å². The summed E-state index contributed by atoms with van der Waals surface area (Å²) in [5, 5.41) is 3.25. The van der Waals surface area contributed by atoms with E-state index in [0.717, 1.165) is 17.1 Å². The average molecular weight is 328 g/mol. The fourth-order valence-electron chi connectivity index (χ4n) is 2.49. The Morgan fingerprint density at radius 1 is 1.08 bits per heavy atom. The molecule has 128 valence electrons. The summed E-state index contributed by atoms with van der Waals surface area (Å²) in [6, 6.07) is 15.3. The number of methoxy groups -OCH3 is 2. The third-order valence-electron chi connectivity index (χ3n) is 3.75. The van der Waals surface area contributed by atoms with Crippen LogP contribution in [0.5, 0.6) is 11.5 Å². The monoisotopic (exact) mass is 328 g/mol. The first-order chi connectivity index (χ1) is 11.7. The average Bonchev–Trinajstić information content (AvgIpc) is 2.63. The van der Waals surface area contributed by atoms with Gasteiger partial charge in [-0.15, -0.1) is 0 Å². The molecule has 5 nitrogen and oxygen atoms in total. The van der Waals surface area contributed by atoms with E-state index in [1.165, 1.54) is 0 Å². The largest absolute Gasteiger partial charge is 0.497 e. The van der Waals surface area contributed by atoms with Crippen LogP contribution in [-0.2, 0) is 4.79 Å². The van der Waals surface area contributed by atoms with Crippen LogP contribution in [0.25, 0.3) is 0 Å². The lowest BCUT2D eigenvalue weighted by Crippen LogP contribution is -2.31. The van der Waals surface area contributed by atoms with Crippen LogP contribution in [0.1, 0.15) is 13.3 Å². The molecule has 0 saturated heterocycles. The second-order valence-corrected chi connectivity index (χ2v) is 5.22. The molecular formula is C19H24N2O3. The van der Waals surface area contributed by atoms with Gasteiger partial charge in [0, 0.05) is 31.3 Å². The Bertz CT molecular complexity index is 659. The number of rotatable bonds is 8. The van der Waals surface area contributed by atoms with Gasteiger partial charge in [-0.05, 0) is 31.2 Å². The van der Waals surface area contributed by atoms with Gasteiger partial charge in [0.05, 0.1) is 19.9 Å². The lowest BCUT2D eigenvalue weighted by Gasteiger charge is -2.21. The quantitative estimate of drug-likeness (QED) is 0.805. The molecule has 2 aromatic rings. The molecule has 0 bridgehead atoms. The summed E-state index contributed by atoms with van der Waals surface area (Å²) in [7, 11) is 3.22. The first-order valence-electron chi connectivity index (χ1n) is 8.01. The molecule has 0 radical (unpaired) electrons. The normalized spacial score (nSPS) is 10.1. The maximum absolute atomic E-state index is 12.5. The number of nitrogens with one attached hydrogen (secondary N) is 1. The molecule has 0 aliphatic heterocycles. The van der Waals surface area contributed by atoms with Crippen LogP contribution in [0.15, 0.2) is 48.5 Å². The highest BCUT2D eigenvalue weighted by Gasteiger charge is 2.13. The van der Waals surface area contributed by atoms with Gasteiger partial charge in [0.15, 0.2) is 0 Å². The second-order valence-electron chi connectivity index (χ2n) is 5.22. The highest BCUT2D eigenvalue weighted by atomic mass is 16.5. The van der Waals surface area contributed by atoms with E-state index in [0.29, 0.717) is 25.3 Å². The zero-order valence-electron chi connectivity index (χ0n) is 14.4. The summed E-state index contributed by atoms with van der Waals surface area (Å²) in [4.78, 5) is 14.2. The summed E-state index contributed by atoms with van der Waals surface area (Å²) < 4.78 is 10.5. The predicted molar refractivity (Wildman–Crippen MR) is 97.1 cm³/mol. The van der Waals surface area contributed by atoms with E-state index in [4.69, 9.17) is 9.47 Å². The summed E-state index contributed by atoms with van der Waals surface area (Å²) in [5.74, 6) is 1.51. The highest BCUT2D eigenvalue weighted by molar-refractivity contribution is 5.93. The Labute approximate surface area is 143 Å². The molecule has 2 rings (SSSR count). The fraction of sp³-hybridized carbons (Fsp3) is 0.316. The van der Waals surface area contributed by atoms with Crippen molar-refractivity contribution in [1.29, 1.82) is 0 Å². The number of hydrogen-bond donors (Lipinski definition) is 1. The van der Waals surface area contributed by atoms with Gasteiger partial charge in [0.25, 0.3) is 0 Å². The van der Waals surface area contributed by atoms with Crippen molar-refractivity contribution >= 4 is 17.3 Å². The molecule has 0 aliphatic rings. The van der Waals surface area contributed by atoms with Crippen LogP contribution >= 0.6 is 0 Å². The number of carbonyl (C=O) groups is 1. The first kappa shape index (κ1) is 17.7. The van der Waals surface area contributed by atoms with E-state index in [2.05, 4.69) is 5.32 Å². The molecule has 0 atom stereocenters. The Hall–Kier alpha value is -2.69. The van der Waals surface area contributed by atoms with Crippen molar-refractivity contribution in [2.75, 3.05) is 37.5 Å². The van der Waals surface area contributed by atoms with E-state index in [9.17, 15) is 4.79 Å². The van der Waals surface area contributed by atoms with Crippen molar-refractivity contribution in [2.24, 2.45) is 0 Å². The lowest BCUT2D eigenvalue weighted by atomic mass is 10.2. The van der Waals surface area contributed by atoms with E-state index >= 15 is 0 Å². The van der Waals surface area contributed by atoms with E-state index in [1.54, 1.807) is 19.1 Å². The number of carbonyl (C=O) groups excluding carboxylic acids is 1. The van der Waals surface area contributed by atoms with Gasteiger partial charge in [-0.25, -0.2) is 0 Å². The number of amides is 1. The Morgan fingerprint density at radius 3 is 2.46 bits per heavy atom. The molecule has 0 saturated carbocycles. The van der Waals surface area contributed by atoms with Crippen molar-refractivity contribution in [1.82, 2.24) is 0 Å². The summed E-state index contributed by atoms with van der Waals surface area (Å²) >= 11 is 0. The summed E-state index contributed by atoms with van der Waals surface area (Å²) in [6.45, 7) is 3.16. The number of ether oxygens (including phenoxy) is 2. The van der Waals surface area contributed by atoms with Crippen molar-refractivity contribution < 1.29 is 14.3 Å². The van der Waals surface area contributed by atoms with Crippen molar-refractivity contribution in [3.8, 4) is 11.5 Å². The standard InChI is InChI=1S/C19H24N2O3/c1-4-21(15-8-6-5-7-9-15)19(22)12-13-20-17-11-10-16(23-2)14-18(17)24-3/h5-11,14,20H,4,12-13H2,1-3H3. The third kappa shape index (κ3) is 4.41. The maximum atomic E-state index is 12.5. The van der Waals surface area contributed by atoms with Gasteiger partial charge < -0.3 is 19.7 Å². The number of nitrogens with zero attached hydrogens (tertiary/aromatic N) is 1. The van der Waals surface area contributed by atoms with Gasteiger partial charge in [-0.2, -0.15) is 0 Å². The number of para-hydroxylation sites is 1. The van der Waals surface area contributed by atoms with Gasteiger partial charge in [-0.1, -0.05) is 18.2 Å². The van der Waals surface area contributed by atoms with E-state index < -0.39 is 0 Å². The van der Waals surface area contributed by atoms with Gasteiger partial charge >= 0.3 is 0 Å². The van der Waals surface area contributed by atoms with Crippen molar-refractivity contribution in [3.63, 3.8) is 0 Å². The van der Waals surface area contributed by atoms with Gasteiger partial charge in [-0.3, -0.25) is 4.79 Å². The van der Waals surface area contributed by atoms with Crippen LogP contribution < -0.4 is 19.7 Å². The molecule has 0 spiro atoms. The zero-order chi connectivity index (χ0) is 17.4. The number of hydrogen-bond acceptors (Lipinski definition) is 4. The molecule has 1 N–H and O–H groups in total. The SMILES string of the molecule is CCN(C(=O)CCNc1ccc(OC)cc1OC)c1ccccc1. The van der Waals surface area contributed by atoms with E-state index in [-0.39, 0.29) is 5.91 Å². The third-order valence-corrected chi connectivity index (χ3v) is 3.75. The predicted octanol–water partition coefficient (Wildman–Crippen LogP) is 3.56. The molecule has 0 fully saturated rings. The molecule has 0 heterocycles. The van der Waals surface area contributed by atoms with Crippen molar-refractivity contribution in [3.05, 3.63) is 48.5 Å². The topological polar surface area (TPSA) is 50.8 Å². The van der Waals surface area contributed by atoms with E-state index in [1.807, 2.05) is 55.5 Å². The Balaban J connectivity index is 1.95. The van der Waals surface area contributed by atoms with Crippen LogP contribution in [0.3, 0.4) is 0 Å². The fourth-order valence-corrected chi connectivity index (χ4v) is 2.49. The summed E-state index contributed by atoms with van der Waals surface area (Å²) in [6.07, 6.45) is 0.401.